The van der Waals surface area contributed by atoms with Gasteiger partial charge in [0.25, 0.3) is 0 Å². The maximum absolute atomic E-state index is 12.0. The highest BCUT2D eigenvalue weighted by Crippen LogP contribution is 2.09. The smallest absolute Gasteiger partial charge is 0.317 e. The van der Waals surface area contributed by atoms with Crippen molar-refractivity contribution in [2.75, 3.05) is 19.1 Å². The van der Waals surface area contributed by atoms with Gasteiger partial charge in [0, 0.05) is 31.3 Å². The van der Waals surface area contributed by atoms with Crippen molar-refractivity contribution in [3.05, 3.63) is 0 Å². The second-order valence-corrected chi connectivity index (χ2v) is 5.68. The molecule has 0 saturated heterocycles. The molecule has 0 aromatic rings. The summed E-state index contributed by atoms with van der Waals surface area (Å²) in [5.41, 5.74) is 0. The van der Waals surface area contributed by atoms with E-state index in [1.54, 1.807) is 16.7 Å². The van der Waals surface area contributed by atoms with Crippen molar-refractivity contribution in [3.8, 4) is 0 Å². The minimum absolute atomic E-state index is 0.00101. The van der Waals surface area contributed by atoms with Gasteiger partial charge in [-0.25, -0.2) is 4.79 Å². The number of urea groups is 1. The van der Waals surface area contributed by atoms with Crippen LogP contribution in [0.4, 0.5) is 4.79 Å². The van der Waals surface area contributed by atoms with Crippen molar-refractivity contribution >= 4 is 23.8 Å². The zero-order valence-electron chi connectivity index (χ0n) is 12.3. The lowest BCUT2D eigenvalue weighted by Gasteiger charge is -2.28. The summed E-state index contributed by atoms with van der Waals surface area (Å²) in [5, 5.41) is 11.5. The zero-order valence-corrected chi connectivity index (χ0v) is 13.1. The van der Waals surface area contributed by atoms with Gasteiger partial charge in [0.2, 0.25) is 0 Å². The first-order valence-corrected chi connectivity index (χ1v) is 8.05. The Hall–Kier alpha value is -0.910. The van der Waals surface area contributed by atoms with Crippen molar-refractivity contribution in [2.45, 2.75) is 51.6 Å². The highest BCUT2D eigenvalue weighted by Gasteiger charge is 2.19. The molecule has 5 nitrogen and oxygen atoms in total. The highest BCUT2D eigenvalue weighted by molar-refractivity contribution is 7.98. The average Bonchev–Trinajstić information content (AvgIpc) is 2.34. The van der Waals surface area contributed by atoms with Gasteiger partial charge in [-0.3, -0.25) is 4.79 Å². The van der Waals surface area contributed by atoms with Gasteiger partial charge >= 0.3 is 12.0 Å². The van der Waals surface area contributed by atoms with E-state index in [1.165, 1.54) is 0 Å². The topological polar surface area (TPSA) is 69.6 Å². The van der Waals surface area contributed by atoms with Gasteiger partial charge < -0.3 is 15.3 Å². The van der Waals surface area contributed by atoms with Gasteiger partial charge in [-0.1, -0.05) is 6.92 Å². The molecule has 0 aromatic carbocycles. The fourth-order valence-corrected chi connectivity index (χ4v) is 2.65. The Labute approximate surface area is 120 Å². The molecule has 2 atom stereocenters. The molecule has 0 rings (SSSR count). The standard InChI is InChI=1S/C13H26N2O3S/c1-5-11(9-19-4)15(3)13(18)14-10(2)7-6-8-12(16)17/h10-11H,5-9H2,1-4H3,(H,14,18)(H,16,17). The average molecular weight is 290 g/mol. The fourth-order valence-electron chi connectivity index (χ4n) is 1.81. The lowest BCUT2D eigenvalue weighted by Crippen LogP contribution is -2.47. The largest absolute Gasteiger partial charge is 0.481 e. The summed E-state index contributed by atoms with van der Waals surface area (Å²) in [6, 6.07) is 0.158. The SMILES string of the molecule is CCC(CSC)N(C)C(=O)NC(C)CCCC(=O)O. The van der Waals surface area contributed by atoms with Crippen LogP contribution in [0, 0.1) is 0 Å². The summed E-state index contributed by atoms with van der Waals surface area (Å²) < 4.78 is 0. The number of nitrogens with zero attached hydrogens (tertiary/aromatic N) is 1. The molecule has 112 valence electrons. The predicted octanol–water partition coefficient (Wildman–Crippen LogP) is 2.41. The van der Waals surface area contributed by atoms with Gasteiger partial charge in [0.15, 0.2) is 0 Å². The van der Waals surface area contributed by atoms with Crippen LogP contribution in [0.1, 0.15) is 39.5 Å². The molecule has 0 heterocycles. The fraction of sp³-hybridized carbons (Fsp3) is 0.846. The van der Waals surface area contributed by atoms with Crippen LogP contribution in [0.2, 0.25) is 0 Å². The molecule has 19 heavy (non-hydrogen) atoms. The number of thioether (sulfide) groups is 1. The van der Waals surface area contributed by atoms with Gasteiger partial charge in [-0.15, -0.1) is 0 Å². The summed E-state index contributed by atoms with van der Waals surface area (Å²) in [7, 11) is 1.81. The van der Waals surface area contributed by atoms with Gasteiger partial charge in [-0.2, -0.15) is 11.8 Å². The molecule has 0 spiro atoms. The van der Waals surface area contributed by atoms with E-state index in [9.17, 15) is 9.59 Å². The van der Waals surface area contributed by atoms with E-state index >= 15 is 0 Å². The van der Waals surface area contributed by atoms with E-state index in [2.05, 4.69) is 12.2 Å². The molecule has 2 amide bonds. The van der Waals surface area contributed by atoms with Gasteiger partial charge in [0.05, 0.1) is 0 Å². The van der Waals surface area contributed by atoms with E-state index < -0.39 is 5.97 Å². The third-order valence-electron chi connectivity index (χ3n) is 3.10. The second kappa shape index (κ2) is 9.95. The molecule has 0 aliphatic rings. The molecular weight excluding hydrogens is 264 g/mol. The predicted molar refractivity (Wildman–Crippen MR) is 79.7 cm³/mol. The van der Waals surface area contributed by atoms with Crippen LogP contribution in [0.25, 0.3) is 0 Å². The maximum atomic E-state index is 12.0. The molecule has 0 aliphatic heterocycles. The first-order valence-electron chi connectivity index (χ1n) is 6.66. The van der Waals surface area contributed by atoms with Crippen LogP contribution in [0.15, 0.2) is 0 Å². The number of rotatable bonds is 9. The lowest BCUT2D eigenvalue weighted by atomic mass is 10.1. The van der Waals surface area contributed by atoms with Crippen molar-refractivity contribution in [3.63, 3.8) is 0 Å². The Kier molecular flexibility index (Phi) is 9.47. The first kappa shape index (κ1) is 18.1. The molecule has 6 heteroatoms. The number of carbonyl (C=O) groups is 2. The minimum Gasteiger partial charge on any atom is -0.481 e. The molecule has 0 fully saturated rings. The van der Waals surface area contributed by atoms with Crippen LogP contribution >= 0.6 is 11.8 Å². The lowest BCUT2D eigenvalue weighted by molar-refractivity contribution is -0.137. The first-order chi connectivity index (χ1) is 8.92. The Morgan fingerprint density at radius 1 is 1.42 bits per heavy atom. The summed E-state index contributed by atoms with van der Waals surface area (Å²) in [6.07, 6.45) is 4.38. The number of amides is 2. The van der Waals surface area contributed by atoms with Crippen molar-refractivity contribution < 1.29 is 14.7 Å². The van der Waals surface area contributed by atoms with Crippen molar-refractivity contribution in [2.24, 2.45) is 0 Å². The van der Waals surface area contributed by atoms with Crippen LogP contribution in [0.5, 0.6) is 0 Å². The number of carbonyl (C=O) groups excluding carboxylic acids is 1. The molecule has 0 saturated carbocycles. The van der Waals surface area contributed by atoms with Crippen molar-refractivity contribution in [1.82, 2.24) is 10.2 Å². The molecule has 0 aliphatic carbocycles. The van der Waals surface area contributed by atoms with E-state index in [0.717, 1.165) is 12.2 Å². The summed E-state index contributed by atoms with van der Waals surface area (Å²) in [5.74, 6) is 0.134. The number of aliphatic carboxylic acids is 1. The van der Waals surface area contributed by atoms with E-state index in [0.29, 0.717) is 12.8 Å². The number of hydrogen-bond acceptors (Lipinski definition) is 3. The molecular formula is C13H26N2O3S. The van der Waals surface area contributed by atoms with Crippen LogP contribution in [-0.2, 0) is 4.79 Å². The molecule has 0 radical (unpaired) electrons. The highest BCUT2D eigenvalue weighted by atomic mass is 32.2. The number of nitrogens with one attached hydrogen (secondary N) is 1. The van der Waals surface area contributed by atoms with Gasteiger partial charge in [0.1, 0.15) is 0 Å². The van der Waals surface area contributed by atoms with Crippen LogP contribution in [-0.4, -0.2) is 53.1 Å². The second-order valence-electron chi connectivity index (χ2n) is 4.76. The summed E-state index contributed by atoms with van der Waals surface area (Å²) >= 11 is 1.73. The van der Waals surface area contributed by atoms with E-state index in [1.807, 2.05) is 20.2 Å². The molecule has 0 aromatic heterocycles. The third-order valence-corrected chi connectivity index (χ3v) is 3.81. The maximum Gasteiger partial charge on any atom is 0.317 e. The van der Waals surface area contributed by atoms with E-state index in [-0.39, 0.29) is 24.5 Å². The number of carboxylic acids is 1. The summed E-state index contributed by atoms with van der Waals surface area (Å²) in [6.45, 7) is 3.98. The Morgan fingerprint density at radius 3 is 2.53 bits per heavy atom. The summed E-state index contributed by atoms with van der Waals surface area (Å²) in [4.78, 5) is 24.2. The molecule has 2 N–H and O–H groups in total. The zero-order chi connectivity index (χ0) is 14.8. The van der Waals surface area contributed by atoms with E-state index in [4.69, 9.17) is 5.11 Å². The Morgan fingerprint density at radius 2 is 2.05 bits per heavy atom. The Balaban J connectivity index is 4.08. The normalized spacial score (nSPS) is 13.7. The molecule has 0 bridgehead atoms. The number of carboxylic acid groups (broad SMARTS) is 1. The minimum atomic E-state index is -0.790. The number of hydrogen-bond donors (Lipinski definition) is 2. The monoisotopic (exact) mass is 290 g/mol. The van der Waals surface area contributed by atoms with Crippen molar-refractivity contribution in [1.29, 1.82) is 0 Å². The van der Waals surface area contributed by atoms with Crippen LogP contribution in [0.3, 0.4) is 0 Å². The van der Waals surface area contributed by atoms with Gasteiger partial charge in [-0.05, 0) is 32.4 Å². The quantitative estimate of drug-likeness (QED) is 0.684. The third kappa shape index (κ3) is 7.97. The van der Waals surface area contributed by atoms with Crippen LogP contribution < -0.4 is 5.32 Å². The molecule has 2 unspecified atom stereocenters. The Bertz CT molecular complexity index is 287.